The molecule has 1 saturated heterocycles. The molecule has 0 N–H and O–H groups in total. The number of halogens is 1. The lowest BCUT2D eigenvalue weighted by Crippen LogP contribution is -2.34. The van der Waals surface area contributed by atoms with Gasteiger partial charge in [0.15, 0.2) is 0 Å². The standard InChI is InChI=1S/C17H26INO/c18-17-8-12-19(13-9-17)11-4-5-14-20-15-10-16-6-2-1-3-7-16/h1-3,6-7,17H,4-5,8-15H2. The van der Waals surface area contributed by atoms with Gasteiger partial charge in [-0.15, -0.1) is 0 Å². The van der Waals surface area contributed by atoms with Gasteiger partial charge in [-0.1, -0.05) is 52.9 Å². The Hall–Kier alpha value is -0.130. The van der Waals surface area contributed by atoms with Gasteiger partial charge in [-0.05, 0) is 57.3 Å². The Balaban J connectivity index is 1.42. The quantitative estimate of drug-likeness (QED) is 0.381. The van der Waals surface area contributed by atoms with Gasteiger partial charge in [-0.2, -0.15) is 0 Å². The van der Waals surface area contributed by atoms with Crippen LogP contribution in [-0.4, -0.2) is 41.7 Å². The van der Waals surface area contributed by atoms with Crippen LogP contribution in [0.15, 0.2) is 30.3 Å². The third kappa shape index (κ3) is 6.55. The van der Waals surface area contributed by atoms with Crippen molar-refractivity contribution in [2.45, 2.75) is 36.0 Å². The molecule has 0 atom stereocenters. The highest BCUT2D eigenvalue weighted by molar-refractivity contribution is 14.1. The molecule has 0 saturated carbocycles. The zero-order chi connectivity index (χ0) is 14.0. The van der Waals surface area contributed by atoms with E-state index in [1.807, 2.05) is 0 Å². The molecular formula is C17H26INO. The number of hydrogen-bond donors (Lipinski definition) is 0. The summed E-state index contributed by atoms with van der Waals surface area (Å²) in [5.41, 5.74) is 1.37. The Bertz CT molecular complexity index is 349. The number of alkyl halides is 1. The highest BCUT2D eigenvalue weighted by atomic mass is 127. The Morgan fingerprint density at radius 2 is 1.80 bits per heavy atom. The van der Waals surface area contributed by atoms with Crippen LogP contribution in [0.5, 0.6) is 0 Å². The average Bonchev–Trinajstić information content (AvgIpc) is 2.49. The molecule has 1 aromatic carbocycles. The fourth-order valence-corrected chi connectivity index (χ4v) is 3.16. The van der Waals surface area contributed by atoms with Crippen LogP contribution in [0.25, 0.3) is 0 Å². The van der Waals surface area contributed by atoms with Crippen LogP contribution >= 0.6 is 22.6 Å². The first-order valence-corrected chi connectivity index (χ1v) is 9.07. The number of likely N-dealkylation sites (tertiary alicyclic amines) is 1. The Morgan fingerprint density at radius 3 is 2.55 bits per heavy atom. The summed E-state index contributed by atoms with van der Waals surface area (Å²) >= 11 is 2.59. The monoisotopic (exact) mass is 387 g/mol. The van der Waals surface area contributed by atoms with Gasteiger partial charge in [0.2, 0.25) is 0 Å². The van der Waals surface area contributed by atoms with E-state index >= 15 is 0 Å². The third-order valence-electron chi connectivity index (χ3n) is 3.91. The molecule has 1 aliphatic heterocycles. The smallest absolute Gasteiger partial charge is 0.0506 e. The lowest BCUT2D eigenvalue weighted by atomic mass is 10.1. The van der Waals surface area contributed by atoms with Crippen LogP contribution in [0, 0.1) is 0 Å². The van der Waals surface area contributed by atoms with Crippen molar-refractivity contribution in [2.75, 3.05) is 32.8 Å². The predicted octanol–water partition coefficient (Wildman–Crippen LogP) is 3.93. The lowest BCUT2D eigenvalue weighted by molar-refractivity contribution is 0.128. The largest absolute Gasteiger partial charge is 0.381 e. The van der Waals surface area contributed by atoms with E-state index in [4.69, 9.17) is 4.74 Å². The van der Waals surface area contributed by atoms with Crippen LogP contribution in [0.1, 0.15) is 31.2 Å². The van der Waals surface area contributed by atoms with Crippen molar-refractivity contribution in [2.24, 2.45) is 0 Å². The second kappa shape index (κ2) is 9.74. The van der Waals surface area contributed by atoms with E-state index in [1.54, 1.807) is 0 Å². The lowest BCUT2D eigenvalue weighted by Gasteiger charge is -2.29. The van der Waals surface area contributed by atoms with E-state index < -0.39 is 0 Å². The number of hydrogen-bond acceptors (Lipinski definition) is 2. The molecule has 20 heavy (non-hydrogen) atoms. The maximum absolute atomic E-state index is 5.72. The molecule has 0 aromatic heterocycles. The number of unbranched alkanes of at least 4 members (excludes halogenated alkanes) is 1. The van der Waals surface area contributed by atoms with Gasteiger partial charge in [0.1, 0.15) is 0 Å². The zero-order valence-electron chi connectivity index (χ0n) is 12.3. The van der Waals surface area contributed by atoms with Gasteiger partial charge in [0.05, 0.1) is 6.61 Å². The van der Waals surface area contributed by atoms with E-state index in [0.717, 1.165) is 23.6 Å². The first-order valence-electron chi connectivity index (χ1n) is 7.82. The molecular weight excluding hydrogens is 361 g/mol. The second-order valence-corrected chi connectivity index (χ2v) is 7.33. The molecule has 112 valence electrons. The number of nitrogens with zero attached hydrogens (tertiary/aromatic N) is 1. The fraction of sp³-hybridized carbons (Fsp3) is 0.647. The number of rotatable bonds is 8. The molecule has 2 rings (SSSR count). The fourth-order valence-electron chi connectivity index (χ4n) is 2.60. The number of ether oxygens (including phenoxy) is 1. The maximum atomic E-state index is 5.72. The van der Waals surface area contributed by atoms with Crippen LogP contribution in [-0.2, 0) is 11.2 Å². The van der Waals surface area contributed by atoms with Crippen molar-refractivity contribution >= 4 is 22.6 Å². The van der Waals surface area contributed by atoms with Gasteiger partial charge in [-0.25, -0.2) is 0 Å². The van der Waals surface area contributed by atoms with Gasteiger partial charge < -0.3 is 9.64 Å². The topological polar surface area (TPSA) is 12.5 Å². The van der Waals surface area contributed by atoms with Crippen molar-refractivity contribution in [3.05, 3.63) is 35.9 Å². The molecule has 2 nitrogen and oxygen atoms in total. The van der Waals surface area contributed by atoms with Crippen molar-refractivity contribution in [3.8, 4) is 0 Å². The summed E-state index contributed by atoms with van der Waals surface area (Å²) in [5, 5.41) is 0. The molecule has 0 bridgehead atoms. The zero-order valence-corrected chi connectivity index (χ0v) is 14.4. The van der Waals surface area contributed by atoms with Crippen molar-refractivity contribution in [3.63, 3.8) is 0 Å². The SMILES string of the molecule is IC1CCN(CCCCOCCc2ccccc2)CC1. The molecule has 0 spiro atoms. The van der Waals surface area contributed by atoms with Crippen LogP contribution < -0.4 is 0 Å². The Kier molecular flexibility index (Phi) is 7.91. The van der Waals surface area contributed by atoms with Gasteiger partial charge >= 0.3 is 0 Å². The molecule has 1 aromatic rings. The van der Waals surface area contributed by atoms with E-state index in [-0.39, 0.29) is 0 Å². The highest BCUT2D eigenvalue weighted by Gasteiger charge is 2.15. The summed E-state index contributed by atoms with van der Waals surface area (Å²) in [6.45, 7) is 5.61. The van der Waals surface area contributed by atoms with Crippen molar-refractivity contribution in [1.29, 1.82) is 0 Å². The molecule has 1 heterocycles. The predicted molar refractivity (Wildman–Crippen MR) is 93.7 cm³/mol. The molecule has 1 aliphatic rings. The van der Waals surface area contributed by atoms with Crippen LogP contribution in [0.4, 0.5) is 0 Å². The average molecular weight is 387 g/mol. The molecule has 1 fully saturated rings. The summed E-state index contributed by atoms with van der Waals surface area (Å²) in [6.07, 6.45) is 6.24. The number of benzene rings is 1. The van der Waals surface area contributed by atoms with E-state index in [0.29, 0.717) is 0 Å². The van der Waals surface area contributed by atoms with Crippen LogP contribution in [0.3, 0.4) is 0 Å². The summed E-state index contributed by atoms with van der Waals surface area (Å²) in [5.74, 6) is 0. The van der Waals surface area contributed by atoms with E-state index in [9.17, 15) is 0 Å². The highest BCUT2D eigenvalue weighted by Crippen LogP contribution is 2.17. The van der Waals surface area contributed by atoms with E-state index in [1.165, 1.54) is 50.9 Å². The normalized spacial score (nSPS) is 17.4. The van der Waals surface area contributed by atoms with Gasteiger partial charge in [0.25, 0.3) is 0 Å². The molecule has 0 aliphatic carbocycles. The second-order valence-electron chi connectivity index (χ2n) is 5.57. The molecule has 3 heteroatoms. The molecule has 0 amide bonds. The summed E-state index contributed by atoms with van der Waals surface area (Å²) in [7, 11) is 0. The number of piperidine rings is 1. The third-order valence-corrected chi connectivity index (χ3v) is 5.15. The van der Waals surface area contributed by atoms with Crippen molar-refractivity contribution < 1.29 is 4.74 Å². The minimum absolute atomic E-state index is 0.851. The Labute approximate surface area is 137 Å². The first kappa shape index (κ1) is 16.2. The minimum atomic E-state index is 0.851. The molecule has 0 unspecified atom stereocenters. The van der Waals surface area contributed by atoms with Crippen LogP contribution in [0.2, 0.25) is 0 Å². The summed E-state index contributed by atoms with van der Waals surface area (Å²) in [4.78, 5) is 2.61. The minimum Gasteiger partial charge on any atom is -0.381 e. The Morgan fingerprint density at radius 1 is 1.05 bits per heavy atom. The van der Waals surface area contributed by atoms with Gasteiger partial charge in [0, 0.05) is 10.5 Å². The summed E-state index contributed by atoms with van der Waals surface area (Å²) in [6, 6.07) is 10.6. The maximum Gasteiger partial charge on any atom is 0.0506 e. The van der Waals surface area contributed by atoms with Gasteiger partial charge in [-0.3, -0.25) is 0 Å². The van der Waals surface area contributed by atoms with Crippen molar-refractivity contribution in [1.82, 2.24) is 4.90 Å². The van der Waals surface area contributed by atoms with E-state index in [2.05, 4.69) is 57.8 Å². The first-order chi connectivity index (χ1) is 9.84. The summed E-state index contributed by atoms with van der Waals surface area (Å²) < 4.78 is 6.63. The molecule has 0 radical (unpaired) electrons.